The summed E-state index contributed by atoms with van der Waals surface area (Å²) in [7, 11) is 0. The van der Waals surface area contributed by atoms with Gasteiger partial charge in [-0.1, -0.05) is 36.4 Å². The Morgan fingerprint density at radius 1 is 0.970 bits per heavy atom. The molecule has 1 amide bonds. The van der Waals surface area contributed by atoms with Crippen LogP contribution in [0.1, 0.15) is 40.0 Å². The quantitative estimate of drug-likeness (QED) is 0.563. The van der Waals surface area contributed by atoms with Crippen molar-refractivity contribution in [3.8, 4) is 0 Å². The van der Waals surface area contributed by atoms with Gasteiger partial charge < -0.3 is 24.2 Å². The summed E-state index contributed by atoms with van der Waals surface area (Å²) in [6.45, 7) is 0.452. The van der Waals surface area contributed by atoms with Crippen LogP contribution in [-0.2, 0) is 14.2 Å². The lowest BCUT2D eigenvalue weighted by Gasteiger charge is -2.54. The minimum absolute atomic E-state index is 0.176. The number of esters is 2. The number of hydrogen-bond donors (Lipinski definition) is 1. The van der Waals surface area contributed by atoms with E-state index < -0.39 is 35.8 Å². The molecule has 172 valence electrons. The van der Waals surface area contributed by atoms with Crippen LogP contribution >= 0.6 is 0 Å². The third-order valence-electron chi connectivity index (χ3n) is 7.02. The first kappa shape index (κ1) is 21.5. The topological polar surface area (TPSA) is 102 Å². The summed E-state index contributed by atoms with van der Waals surface area (Å²) in [5.74, 6) is -1.44. The van der Waals surface area contributed by atoms with Crippen LogP contribution in [0.5, 0.6) is 0 Å². The van der Waals surface area contributed by atoms with Crippen LogP contribution in [0.25, 0.3) is 0 Å². The zero-order valence-electron chi connectivity index (χ0n) is 18.0. The number of cyclic esters (lactones) is 1. The average molecular weight is 451 g/mol. The van der Waals surface area contributed by atoms with Crippen LogP contribution in [-0.4, -0.2) is 65.0 Å². The summed E-state index contributed by atoms with van der Waals surface area (Å²) >= 11 is 0. The summed E-state index contributed by atoms with van der Waals surface area (Å²) in [4.78, 5) is 39.5. The Balaban J connectivity index is 1.44. The van der Waals surface area contributed by atoms with Crippen molar-refractivity contribution < 1.29 is 33.7 Å². The fourth-order valence-corrected chi connectivity index (χ4v) is 5.38. The second-order valence-electron chi connectivity index (χ2n) is 8.74. The van der Waals surface area contributed by atoms with Gasteiger partial charge in [-0.2, -0.15) is 0 Å². The van der Waals surface area contributed by atoms with Crippen molar-refractivity contribution in [1.82, 2.24) is 4.90 Å². The molecule has 5 atom stereocenters. The maximum absolute atomic E-state index is 13.1. The maximum Gasteiger partial charge on any atom is 0.410 e. The highest BCUT2D eigenvalue weighted by atomic mass is 16.6. The fraction of sp³-hybridized carbons (Fsp3) is 0.400. The molecule has 1 N–H and O–H groups in total. The molecule has 0 spiro atoms. The summed E-state index contributed by atoms with van der Waals surface area (Å²) < 4.78 is 17.0. The van der Waals surface area contributed by atoms with Gasteiger partial charge in [0.05, 0.1) is 17.2 Å². The number of hydrogen-bond acceptors (Lipinski definition) is 7. The molecule has 2 heterocycles. The number of piperidine rings is 1. The standard InChI is InChI=1S/C25H25NO7/c27-21-20(32-22(28)16-7-3-1-4-8-16)12-11-18-19-15-31-24(30)26(19)14-13-25(18,21)33-23(29)17-9-5-2-6-10-17/h1-10,18-21,27H,11-15H2/t18-,19-,20-,21+,25-/m0/s1. The molecule has 2 aliphatic heterocycles. The van der Waals surface area contributed by atoms with Crippen LogP contribution in [0.2, 0.25) is 0 Å². The Morgan fingerprint density at radius 3 is 2.27 bits per heavy atom. The molecule has 3 aliphatic rings. The van der Waals surface area contributed by atoms with Crippen molar-refractivity contribution in [2.45, 2.75) is 43.1 Å². The van der Waals surface area contributed by atoms with Crippen LogP contribution in [0.15, 0.2) is 60.7 Å². The zero-order chi connectivity index (χ0) is 23.0. The van der Waals surface area contributed by atoms with E-state index in [1.807, 2.05) is 0 Å². The largest absolute Gasteiger partial charge is 0.456 e. The monoisotopic (exact) mass is 451 g/mol. The predicted octanol–water partition coefficient (Wildman–Crippen LogP) is 2.80. The molecule has 2 aromatic rings. The Labute approximate surface area is 191 Å². The number of benzene rings is 2. The molecule has 0 unspecified atom stereocenters. The smallest absolute Gasteiger partial charge is 0.410 e. The van der Waals surface area contributed by atoms with Gasteiger partial charge in [-0.25, -0.2) is 14.4 Å². The number of aliphatic hydroxyl groups excluding tert-OH is 1. The van der Waals surface area contributed by atoms with E-state index in [0.717, 1.165) is 0 Å². The van der Waals surface area contributed by atoms with Crippen LogP contribution in [0.3, 0.4) is 0 Å². The van der Waals surface area contributed by atoms with E-state index in [4.69, 9.17) is 14.2 Å². The van der Waals surface area contributed by atoms with Gasteiger partial charge in [0.2, 0.25) is 0 Å². The third-order valence-corrected chi connectivity index (χ3v) is 7.02. The summed E-state index contributed by atoms with van der Waals surface area (Å²) in [6, 6.07) is 16.8. The molecule has 0 bridgehead atoms. The minimum Gasteiger partial charge on any atom is -0.456 e. The number of carbonyl (C=O) groups is 3. The summed E-state index contributed by atoms with van der Waals surface area (Å²) in [6.07, 6.45) is -1.37. The highest BCUT2D eigenvalue weighted by molar-refractivity contribution is 5.90. The first-order chi connectivity index (χ1) is 16.0. The summed E-state index contributed by atoms with van der Waals surface area (Å²) in [5, 5.41) is 11.5. The average Bonchev–Trinajstić information content (AvgIpc) is 3.23. The molecule has 0 radical (unpaired) electrons. The van der Waals surface area contributed by atoms with Crippen LogP contribution in [0, 0.1) is 5.92 Å². The van der Waals surface area contributed by atoms with Crippen molar-refractivity contribution in [2.75, 3.05) is 13.2 Å². The fourth-order valence-electron chi connectivity index (χ4n) is 5.38. The van der Waals surface area contributed by atoms with E-state index in [1.54, 1.807) is 65.6 Å². The van der Waals surface area contributed by atoms with Crippen LogP contribution in [0.4, 0.5) is 4.79 Å². The number of ether oxygens (including phenoxy) is 3. The van der Waals surface area contributed by atoms with Gasteiger partial charge in [-0.15, -0.1) is 0 Å². The Morgan fingerprint density at radius 2 is 1.61 bits per heavy atom. The lowest BCUT2D eigenvalue weighted by atomic mass is 9.65. The van der Waals surface area contributed by atoms with Crippen molar-refractivity contribution in [3.63, 3.8) is 0 Å². The van der Waals surface area contributed by atoms with E-state index in [1.165, 1.54) is 0 Å². The van der Waals surface area contributed by atoms with E-state index in [-0.39, 0.29) is 31.5 Å². The molecule has 33 heavy (non-hydrogen) atoms. The van der Waals surface area contributed by atoms with Gasteiger partial charge in [0.1, 0.15) is 24.4 Å². The predicted molar refractivity (Wildman–Crippen MR) is 115 cm³/mol. The third kappa shape index (κ3) is 3.74. The summed E-state index contributed by atoms with van der Waals surface area (Å²) in [5.41, 5.74) is -0.559. The molecule has 1 aliphatic carbocycles. The lowest BCUT2D eigenvalue weighted by molar-refractivity contribution is -0.207. The second kappa shape index (κ2) is 8.51. The van der Waals surface area contributed by atoms with Gasteiger partial charge in [0, 0.05) is 18.9 Å². The second-order valence-corrected chi connectivity index (χ2v) is 8.74. The SMILES string of the molecule is O=C(O[C@H]1CC[C@H]2[C@@H]3COC(=O)N3CC[C@@]2(OC(=O)c2ccccc2)[C@@H]1O)c1ccccc1. The van der Waals surface area contributed by atoms with Gasteiger partial charge in [-0.3, -0.25) is 0 Å². The normalized spacial score (nSPS) is 30.6. The first-order valence-electron chi connectivity index (χ1n) is 11.2. The first-order valence-corrected chi connectivity index (χ1v) is 11.2. The molecule has 5 rings (SSSR count). The molecular formula is C25H25NO7. The zero-order valence-corrected chi connectivity index (χ0v) is 18.0. The van der Waals surface area contributed by atoms with E-state index in [2.05, 4.69) is 0 Å². The molecule has 1 saturated carbocycles. The highest BCUT2D eigenvalue weighted by Crippen LogP contribution is 2.48. The molecule has 2 aromatic carbocycles. The molecule has 0 aromatic heterocycles. The minimum atomic E-state index is -1.30. The van der Waals surface area contributed by atoms with Gasteiger partial charge in [0.25, 0.3) is 0 Å². The number of carbonyl (C=O) groups excluding carboxylic acids is 3. The molecule has 3 fully saturated rings. The van der Waals surface area contributed by atoms with Crippen molar-refractivity contribution in [2.24, 2.45) is 5.92 Å². The Bertz CT molecular complexity index is 1040. The lowest BCUT2D eigenvalue weighted by Crippen LogP contribution is -2.68. The van der Waals surface area contributed by atoms with E-state index in [9.17, 15) is 19.5 Å². The Hall–Kier alpha value is -3.39. The van der Waals surface area contributed by atoms with Crippen molar-refractivity contribution in [1.29, 1.82) is 0 Å². The van der Waals surface area contributed by atoms with Crippen molar-refractivity contribution in [3.05, 3.63) is 71.8 Å². The molecule has 2 saturated heterocycles. The molecular weight excluding hydrogens is 426 g/mol. The number of fused-ring (bicyclic) bond motifs is 3. The number of amides is 1. The van der Waals surface area contributed by atoms with Crippen molar-refractivity contribution >= 4 is 18.0 Å². The Kier molecular flexibility index (Phi) is 5.54. The van der Waals surface area contributed by atoms with Crippen LogP contribution < -0.4 is 0 Å². The van der Waals surface area contributed by atoms with Gasteiger partial charge in [-0.05, 0) is 37.1 Å². The van der Waals surface area contributed by atoms with E-state index >= 15 is 0 Å². The molecule has 8 nitrogen and oxygen atoms in total. The van der Waals surface area contributed by atoms with Gasteiger partial charge >= 0.3 is 18.0 Å². The van der Waals surface area contributed by atoms with E-state index in [0.29, 0.717) is 24.0 Å². The number of nitrogens with zero attached hydrogens (tertiary/aromatic N) is 1. The number of aliphatic hydroxyl groups is 1. The highest BCUT2D eigenvalue weighted by Gasteiger charge is 2.62. The van der Waals surface area contributed by atoms with Gasteiger partial charge in [0.15, 0.2) is 0 Å². The molecule has 8 heteroatoms. The number of rotatable bonds is 4. The maximum atomic E-state index is 13.1.